The maximum Gasteiger partial charge on any atom is 0.413 e. The number of aromatic amines is 1. The Kier molecular flexibility index (Phi) is 4.50. The van der Waals surface area contributed by atoms with Gasteiger partial charge in [0.1, 0.15) is 17.3 Å². The van der Waals surface area contributed by atoms with Gasteiger partial charge in [-0.15, -0.1) is 11.3 Å². The van der Waals surface area contributed by atoms with Crippen LogP contribution in [0.5, 0.6) is 0 Å². The first-order valence-corrected chi connectivity index (χ1v) is 9.45. The highest BCUT2D eigenvalue weighted by Crippen LogP contribution is 2.38. The summed E-state index contributed by atoms with van der Waals surface area (Å²) >= 11 is 6.89. The molecule has 7 heteroatoms. The highest BCUT2D eigenvalue weighted by molar-refractivity contribution is 7.71. The third kappa shape index (κ3) is 3.43. The van der Waals surface area contributed by atoms with Gasteiger partial charge in [0.25, 0.3) is 0 Å². The largest absolute Gasteiger partial charge is 0.444 e. The van der Waals surface area contributed by atoms with E-state index in [9.17, 15) is 4.79 Å². The fourth-order valence-electron chi connectivity index (χ4n) is 3.13. The lowest BCUT2D eigenvalue weighted by atomic mass is 9.97. The lowest BCUT2D eigenvalue weighted by Gasteiger charge is -2.12. The van der Waals surface area contributed by atoms with Crippen LogP contribution in [0.25, 0.3) is 10.2 Å². The van der Waals surface area contributed by atoms with E-state index in [2.05, 4.69) is 15.3 Å². The van der Waals surface area contributed by atoms with E-state index in [1.54, 1.807) is 11.3 Å². The van der Waals surface area contributed by atoms with Crippen LogP contribution in [-0.2, 0) is 24.2 Å². The molecule has 1 aliphatic carbocycles. The molecule has 0 spiro atoms. The molecule has 0 atom stereocenters. The molecule has 3 aromatic rings. The molecule has 2 aromatic heterocycles. The monoisotopic (exact) mass is 371 g/mol. The molecule has 1 amide bonds. The number of aromatic nitrogens is 2. The average molecular weight is 371 g/mol. The van der Waals surface area contributed by atoms with Gasteiger partial charge < -0.3 is 9.72 Å². The predicted octanol–water partition coefficient (Wildman–Crippen LogP) is 4.98. The Hall–Kier alpha value is -2.25. The lowest BCUT2D eigenvalue weighted by Crippen LogP contribution is -2.15. The van der Waals surface area contributed by atoms with Crippen LogP contribution in [0.4, 0.5) is 10.6 Å². The summed E-state index contributed by atoms with van der Waals surface area (Å²) < 4.78 is 5.69. The molecule has 1 aromatic carbocycles. The number of rotatable bonds is 3. The third-order valence-electron chi connectivity index (χ3n) is 4.28. The van der Waals surface area contributed by atoms with Crippen molar-refractivity contribution in [2.45, 2.75) is 32.3 Å². The van der Waals surface area contributed by atoms with Gasteiger partial charge in [0.05, 0.1) is 5.39 Å². The first-order valence-electron chi connectivity index (χ1n) is 8.23. The van der Waals surface area contributed by atoms with Crippen LogP contribution in [0.1, 0.15) is 28.8 Å². The van der Waals surface area contributed by atoms with Crippen molar-refractivity contribution in [3.05, 3.63) is 51.1 Å². The number of ether oxygens (including phenoxy) is 1. The SMILES string of the molecule is O=C(Nc1[nH]c(=S)nc2sc3c(c12)CCCC3)OCc1ccccc1. The number of nitrogens with zero attached hydrogens (tertiary/aromatic N) is 1. The highest BCUT2D eigenvalue weighted by atomic mass is 32.1. The second-order valence-corrected chi connectivity index (χ2v) is 7.47. The van der Waals surface area contributed by atoms with E-state index in [0.717, 1.165) is 35.0 Å². The van der Waals surface area contributed by atoms with Crippen LogP contribution >= 0.6 is 23.6 Å². The number of hydrogen-bond donors (Lipinski definition) is 2. The minimum Gasteiger partial charge on any atom is -0.444 e. The number of aryl methyl sites for hydroxylation is 2. The first kappa shape index (κ1) is 16.2. The Morgan fingerprint density at radius 3 is 2.92 bits per heavy atom. The summed E-state index contributed by atoms with van der Waals surface area (Å²) in [5.74, 6) is 0.590. The van der Waals surface area contributed by atoms with Crippen LogP contribution in [-0.4, -0.2) is 16.1 Å². The van der Waals surface area contributed by atoms with Crippen molar-refractivity contribution >= 4 is 45.7 Å². The zero-order chi connectivity index (χ0) is 17.2. The van der Waals surface area contributed by atoms with Gasteiger partial charge in [0.15, 0.2) is 4.77 Å². The Labute approximate surface area is 154 Å². The molecular weight excluding hydrogens is 354 g/mol. The number of hydrogen-bond acceptors (Lipinski definition) is 5. The summed E-state index contributed by atoms with van der Waals surface area (Å²) in [6.45, 7) is 0.226. The summed E-state index contributed by atoms with van der Waals surface area (Å²) in [5, 5.41) is 3.79. The molecule has 128 valence electrons. The average Bonchev–Trinajstić information content (AvgIpc) is 2.99. The van der Waals surface area contributed by atoms with Crippen LogP contribution in [0.15, 0.2) is 30.3 Å². The standard InChI is InChI=1S/C18H17N3O2S2/c22-18(23-10-11-6-2-1-3-7-11)20-15-14-12-8-4-5-9-13(12)25-16(14)21-17(24)19-15/h1-3,6-7H,4-5,8-10H2,(H2,19,20,21,22,24). The molecular formula is C18H17N3O2S2. The van der Waals surface area contributed by atoms with Crippen molar-refractivity contribution in [2.75, 3.05) is 5.32 Å². The molecule has 4 rings (SSSR count). The van der Waals surface area contributed by atoms with E-state index in [0.29, 0.717) is 10.6 Å². The lowest BCUT2D eigenvalue weighted by molar-refractivity contribution is 0.155. The minimum atomic E-state index is -0.502. The molecule has 2 heterocycles. The van der Waals surface area contributed by atoms with Crippen molar-refractivity contribution in [3.63, 3.8) is 0 Å². The number of amides is 1. The van der Waals surface area contributed by atoms with Crippen molar-refractivity contribution in [3.8, 4) is 0 Å². The number of anilines is 1. The number of nitrogens with one attached hydrogen (secondary N) is 2. The van der Waals surface area contributed by atoms with Crippen LogP contribution in [0.3, 0.4) is 0 Å². The maximum atomic E-state index is 12.2. The number of carbonyl (C=O) groups excluding carboxylic acids is 1. The van der Waals surface area contributed by atoms with Crippen LogP contribution in [0, 0.1) is 4.77 Å². The zero-order valence-corrected chi connectivity index (χ0v) is 15.1. The van der Waals surface area contributed by atoms with Gasteiger partial charge in [-0.1, -0.05) is 30.3 Å². The first-order chi connectivity index (χ1) is 12.2. The summed E-state index contributed by atoms with van der Waals surface area (Å²) in [7, 11) is 0. The highest BCUT2D eigenvalue weighted by Gasteiger charge is 2.21. The molecule has 0 saturated carbocycles. The van der Waals surface area contributed by atoms with Gasteiger partial charge in [-0.05, 0) is 49.0 Å². The predicted molar refractivity (Wildman–Crippen MR) is 102 cm³/mol. The molecule has 2 N–H and O–H groups in total. The number of fused-ring (bicyclic) bond motifs is 3. The Balaban J connectivity index is 1.59. The normalized spacial score (nSPS) is 13.4. The Morgan fingerprint density at radius 1 is 1.28 bits per heavy atom. The van der Waals surface area contributed by atoms with E-state index in [-0.39, 0.29) is 6.61 Å². The smallest absolute Gasteiger partial charge is 0.413 e. The van der Waals surface area contributed by atoms with E-state index in [1.807, 2.05) is 30.3 Å². The zero-order valence-electron chi connectivity index (χ0n) is 13.5. The van der Waals surface area contributed by atoms with E-state index in [1.165, 1.54) is 16.9 Å². The second-order valence-electron chi connectivity index (χ2n) is 5.99. The molecule has 1 aliphatic rings. The number of H-pyrrole nitrogens is 1. The molecule has 5 nitrogen and oxygen atoms in total. The fraction of sp³-hybridized carbons (Fsp3) is 0.278. The molecule has 25 heavy (non-hydrogen) atoms. The van der Waals surface area contributed by atoms with Crippen molar-refractivity contribution < 1.29 is 9.53 Å². The second kappa shape index (κ2) is 6.93. The quantitative estimate of drug-likeness (QED) is 0.637. The summed E-state index contributed by atoms with van der Waals surface area (Å²) in [5.41, 5.74) is 2.22. The van der Waals surface area contributed by atoms with Crippen molar-refractivity contribution in [2.24, 2.45) is 0 Å². The topological polar surface area (TPSA) is 67.0 Å². The third-order valence-corrected chi connectivity index (χ3v) is 5.66. The van der Waals surface area contributed by atoms with Crippen molar-refractivity contribution in [1.29, 1.82) is 0 Å². The fourth-order valence-corrected chi connectivity index (χ4v) is 4.66. The van der Waals surface area contributed by atoms with Gasteiger partial charge in [-0.3, -0.25) is 5.32 Å². The Bertz CT molecular complexity index is 979. The molecule has 0 saturated heterocycles. The maximum absolute atomic E-state index is 12.2. The summed E-state index contributed by atoms with van der Waals surface area (Å²) in [6.07, 6.45) is 3.94. The van der Waals surface area contributed by atoms with E-state index < -0.39 is 6.09 Å². The molecule has 0 fully saturated rings. The van der Waals surface area contributed by atoms with E-state index in [4.69, 9.17) is 17.0 Å². The summed E-state index contributed by atoms with van der Waals surface area (Å²) in [4.78, 5) is 21.9. The number of benzene rings is 1. The molecule has 0 unspecified atom stereocenters. The number of carbonyl (C=O) groups is 1. The summed E-state index contributed by atoms with van der Waals surface area (Å²) in [6, 6.07) is 9.59. The molecule has 0 bridgehead atoms. The van der Waals surface area contributed by atoms with E-state index >= 15 is 0 Å². The minimum absolute atomic E-state index is 0.226. The molecule has 0 aliphatic heterocycles. The van der Waals surface area contributed by atoms with Gasteiger partial charge >= 0.3 is 6.09 Å². The van der Waals surface area contributed by atoms with Gasteiger partial charge in [0.2, 0.25) is 0 Å². The number of thiophene rings is 1. The van der Waals surface area contributed by atoms with Gasteiger partial charge in [0, 0.05) is 4.88 Å². The van der Waals surface area contributed by atoms with Crippen LogP contribution < -0.4 is 5.32 Å². The van der Waals surface area contributed by atoms with Gasteiger partial charge in [-0.2, -0.15) is 0 Å². The van der Waals surface area contributed by atoms with Gasteiger partial charge in [-0.25, -0.2) is 9.78 Å². The van der Waals surface area contributed by atoms with Crippen molar-refractivity contribution in [1.82, 2.24) is 9.97 Å². The molecule has 0 radical (unpaired) electrons. The Morgan fingerprint density at radius 2 is 2.08 bits per heavy atom. The van der Waals surface area contributed by atoms with Crippen LogP contribution in [0.2, 0.25) is 0 Å².